The predicted molar refractivity (Wildman–Crippen MR) is 75.7 cm³/mol. The van der Waals surface area contributed by atoms with Crippen molar-refractivity contribution >= 4 is 10.9 Å². The molecule has 0 bridgehead atoms. The minimum absolute atomic E-state index is 0.812. The van der Waals surface area contributed by atoms with Crippen molar-refractivity contribution in [1.82, 2.24) is 15.2 Å². The number of likely N-dealkylation sites (N-methyl/N-ethyl adjacent to an activating group) is 1. The standard InChI is InChI=1S/C15H21N3/c1-18(9-8-16-13-6-7-13)11-12-10-17-15-5-3-2-4-14(12)15/h2-5,10,13,16-17H,6-9,11H2,1H3. The number of H-pyrrole nitrogens is 1. The summed E-state index contributed by atoms with van der Waals surface area (Å²) in [5.41, 5.74) is 2.62. The number of benzene rings is 1. The van der Waals surface area contributed by atoms with Crippen molar-refractivity contribution in [2.75, 3.05) is 20.1 Å². The van der Waals surface area contributed by atoms with E-state index in [9.17, 15) is 0 Å². The molecule has 18 heavy (non-hydrogen) atoms. The second kappa shape index (κ2) is 5.12. The number of nitrogens with zero attached hydrogens (tertiary/aromatic N) is 1. The minimum Gasteiger partial charge on any atom is -0.361 e. The molecule has 1 heterocycles. The molecule has 96 valence electrons. The van der Waals surface area contributed by atoms with Gasteiger partial charge in [-0.3, -0.25) is 0 Å². The molecule has 0 saturated heterocycles. The van der Waals surface area contributed by atoms with Gasteiger partial charge in [0.2, 0.25) is 0 Å². The lowest BCUT2D eigenvalue weighted by molar-refractivity contribution is 0.325. The van der Waals surface area contributed by atoms with E-state index in [0.29, 0.717) is 0 Å². The van der Waals surface area contributed by atoms with Crippen LogP contribution in [-0.2, 0) is 6.54 Å². The molecule has 0 atom stereocenters. The van der Waals surface area contributed by atoms with Gasteiger partial charge in [0.25, 0.3) is 0 Å². The fraction of sp³-hybridized carbons (Fsp3) is 0.467. The lowest BCUT2D eigenvalue weighted by Crippen LogP contribution is -2.29. The zero-order valence-corrected chi connectivity index (χ0v) is 10.9. The lowest BCUT2D eigenvalue weighted by Gasteiger charge is -2.16. The molecule has 1 fully saturated rings. The number of para-hydroxylation sites is 1. The van der Waals surface area contributed by atoms with E-state index in [0.717, 1.165) is 25.7 Å². The second-order valence-electron chi connectivity index (χ2n) is 5.33. The lowest BCUT2D eigenvalue weighted by atomic mass is 10.1. The van der Waals surface area contributed by atoms with Gasteiger partial charge < -0.3 is 15.2 Å². The summed E-state index contributed by atoms with van der Waals surface area (Å²) < 4.78 is 0. The monoisotopic (exact) mass is 243 g/mol. The Morgan fingerprint density at radius 1 is 1.33 bits per heavy atom. The molecular weight excluding hydrogens is 222 g/mol. The Kier molecular flexibility index (Phi) is 3.35. The maximum atomic E-state index is 3.55. The van der Waals surface area contributed by atoms with E-state index in [1.54, 1.807) is 0 Å². The first kappa shape index (κ1) is 11.8. The van der Waals surface area contributed by atoms with Gasteiger partial charge in [-0.05, 0) is 31.5 Å². The van der Waals surface area contributed by atoms with Crippen LogP contribution in [0.15, 0.2) is 30.5 Å². The van der Waals surface area contributed by atoms with Crippen LogP contribution in [0.5, 0.6) is 0 Å². The molecule has 0 unspecified atom stereocenters. The van der Waals surface area contributed by atoms with Gasteiger partial charge >= 0.3 is 0 Å². The van der Waals surface area contributed by atoms with E-state index >= 15 is 0 Å². The number of nitrogens with one attached hydrogen (secondary N) is 2. The van der Waals surface area contributed by atoms with Crippen molar-refractivity contribution in [3.8, 4) is 0 Å². The first-order valence-electron chi connectivity index (χ1n) is 6.80. The van der Waals surface area contributed by atoms with Crippen molar-refractivity contribution < 1.29 is 0 Å². The average molecular weight is 243 g/mol. The van der Waals surface area contributed by atoms with Gasteiger partial charge in [0.15, 0.2) is 0 Å². The van der Waals surface area contributed by atoms with Gasteiger partial charge in [0, 0.05) is 42.8 Å². The average Bonchev–Trinajstić information content (AvgIpc) is 3.11. The molecule has 2 N–H and O–H groups in total. The molecule has 3 rings (SSSR count). The molecule has 3 heteroatoms. The number of hydrogen-bond acceptors (Lipinski definition) is 2. The van der Waals surface area contributed by atoms with Crippen molar-refractivity contribution in [2.24, 2.45) is 0 Å². The zero-order chi connectivity index (χ0) is 12.4. The highest BCUT2D eigenvalue weighted by Crippen LogP contribution is 2.19. The van der Waals surface area contributed by atoms with Crippen LogP contribution in [0.4, 0.5) is 0 Å². The molecule has 0 spiro atoms. The Balaban J connectivity index is 1.57. The molecule has 1 aliphatic carbocycles. The first-order valence-corrected chi connectivity index (χ1v) is 6.80. The summed E-state index contributed by atoms with van der Waals surface area (Å²) in [5.74, 6) is 0. The third-order valence-electron chi connectivity index (χ3n) is 3.62. The van der Waals surface area contributed by atoms with E-state index < -0.39 is 0 Å². The maximum absolute atomic E-state index is 3.55. The minimum atomic E-state index is 0.812. The van der Waals surface area contributed by atoms with Crippen LogP contribution in [0.25, 0.3) is 10.9 Å². The summed E-state index contributed by atoms with van der Waals surface area (Å²) in [6.07, 6.45) is 4.87. The molecule has 1 aromatic heterocycles. The molecule has 1 saturated carbocycles. The molecule has 3 nitrogen and oxygen atoms in total. The Bertz CT molecular complexity index is 513. The maximum Gasteiger partial charge on any atom is 0.0457 e. The summed E-state index contributed by atoms with van der Waals surface area (Å²) in [6.45, 7) is 3.22. The van der Waals surface area contributed by atoms with Crippen molar-refractivity contribution in [1.29, 1.82) is 0 Å². The highest BCUT2D eigenvalue weighted by molar-refractivity contribution is 5.82. The summed E-state index contributed by atoms with van der Waals surface area (Å²) >= 11 is 0. The summed E-state index contributed by atoms with van der Waals surface area (Å²) in [5, 5.41) is 4.90. The summed E-state index contributed by atoms with van der Waals surface area (Å²) in [4.78, 5) is 5.72. The van der Waals surface area contributed by atoms with E-state index in [1.165, 1.54) is 29.3 Å². The SMILES string of the molecule is CN(CCNC1CC1)Cc1c[nH]c2ccccc12. The first-order chi connectivity index (χ1) is 8.83. The highest BCUT2D eigenvalue weighted by atomic mass is 15.1. The zero-order valence-electron chi connectivity index (χ0n) is 10.9. The Morgan fingerprint density at radius 2 is 2.17 bits per heavy atom. The van der Waals surface area contributed by atoms with Crippen LogP contribution in [0.1, 0.15) is 18.4 Å². The molecule has 2 aromatic rings. The number of aromatic nitrogens is 1. The third-order valence-corrected chi connectivity index (χ3v) is 3.62. The van der Waals surface area contributed by atoms with Gasteiger partial charge in [-0.2, -0.15) is 0 Å². The number of fused-ring (bicyclic) bond motifs is 1. The van der Waals surface area contributed by atoms with Crippen molar-refractivity contribution in [2.45, 2.75) is 25.4 Å². The van der Waals surface area contributed by atoms with Gasteiger partial charge in [-0.15, -0.1) is 0 Å². The van der Waals surface area contributed by atoms with Crippen LogP contribution in [0.2, 0.25) is 0 Å². The smallest absolute Gasteiger partial charge is 0.0457 e. The quantitative estimate of drug-likeness (QED) is 0.816. The van der Waals surface area contributed by atoms with Crippen molar-refractivity contribution in [3.63, 3.8) is 0 Å². The van der Waals surface area contributed by atoms with Crippen LogP contribution in [0, 0.1) is 0 Å². The number of rotatable bonds is 6. The Morgan fingerprint density at radius 3 is 3.00 bits per heavy atom. The molecule has 0 radical (unpaired) electrons. The number of aromatic amines is 1. The van der Waals surface area contributed by atoms with Gasteiger partial charge in [-0.25, -0.2) is 0 Å². The molecular formula is C15H21N3. The highest BCUT2D eigenvalue weighted by Gasteiger charge is 2.19. The van der Waals surface area contributed by atoms with Crippen molar-refractivity contribution in [3.05, 3.63) is 36.0 Å². The summed E-state index contributed by atoms with van der Waals surface area (Å²) in [6, 6.07) is 9.32. The molecule has 1 aromatic carbocycles. The summed E-state index contributed by atoms with van der Waals surface area (Å²) in [7, 11) is 2.19. The predicted octanol–water partition coefficient (Wildman–Crippen LogP) is 2.35. The van der Waals surface area contributed by atoms with Crippen LogP contribution in [-0.4, -0.2) is 36.1 Å². The van der Waals surface area contributed by atoms with E-state index in [1.807, 2.05) is 0 Å². The van der Waals surface area contributed by atoms with Crippen LogP contribution < -0.4 is 5.32 Å². The van der Waals surface area contributed by atoms with E-state index in [-0.39, 0.29) is 0 Å². The van der Waals surface area contributed by atoms with Crippen LogP contribution in [0.3, 0.4) is 0 Å². The topological polar surface area (TPSA) is 31.1 Å². The van der Waals surface area contributed by atoms with Crippen LogP contribution >= 0.6 is 0 Å². The Labute approximate surface area is 108 Å². The molecule has 0 amide bonds. The van der Waals surface area contributed by atoms with Gasteiger partial charge in [-0.1, -0.05) is 18.2 Å². The fourth-order valence-electron chi connectivity index (χ4n) is 2.38. The van der Waals surface area contributed by atoms with E-state index in [4.69, 9.17) is 0 Å². The normalized spacial score (nSPS) is 15.7. The molecule has 0 aliphatic heterocycles. The Hall–Kier alpha value is -1.32. The number of hydrogen-bond donors (Lipinski definition) is 2. The fourth-order valence-corrected chi connectivity index (χ4v) is 2.38. The second-order valence-corrected chi connectivity index (χ2v) is 5.33. The largest absolute Gasteiger partial charge is 0.361 e. The van der Waals surface area contributed by atoms with Gasteiger partial charge in [0.1, 0.15) is 0 Å². The van der Waals surface area contributed by atoms with Gasteiger partial charge in [0.05, 0.1) is 0 Å². The van der Waals surface area contributed by atoms with E-state index in [2.05, 4.69) is 52.7 Å². The third kappa shape index (κ3) is 2.74. The molecule has 1 aliphatic rings.